The Labute approximate surface area is 149 Å². The second-order valence-corrected chi connectivity index (χ2v) is 5.54. The average molecular weight is 358 g/mol. The third-order valence-corrected chi connectivity index (χ3v) is 3.73. The van der Waals surface area contributed by atoms with Crippen LogP contribution in [-0.2, 0) is 9.53 Å². The standard InChI is InChI=1S/C18H18N2O6/c1-11-8-14(15(20(23)24)9-12(11)2)19-17(21)10-26-16-7-5-4-6-13(16)18(22)25-3/h4-9H,10H2,1-3H3,(H,19,21). The topological polar surface area (TPSA) is 108 Å². The van der Waals surface area contributed by atoms with Crippen molar-refractivity contribution in [2.45, 2.75) is 13.8 Å². The minimum absolute atomic E-state index is 0.0907. The van der Waals surface area contributed by atoms with E-state index in [9.17, 15) is 19.7 Å². The molecule has 0 saturated carbocycles. The zero-order valence-electron chi connectivity index (χ0n) is 14.6. The number of nitrogens with one attached hydrogen (secondary N) is 1. The van der Waals surface area contributed by atoms with Crippen LogP contribution in [0.2, 0.25) is 0 Å². The number of nitro groups is 1. The van der Waals surface area contributed by atoms with Crippen molar-refractivity contribution >= 4 is 23.3 Å². The SMILES string of the molecule is COC(=O)c1ccccc1OCC(=O)Nc1cc(C)c(C)cc1[N+](=O)[O-]. The lowest BCUT2D eigenvalue weighted by molar-refractivity contribution is -0.384. The molecule has 1 N–H and O–H groups in total. The number of rotatable bonds is 6. The minimum Gasteiger partial charge on any atom is -0.483 e. The van der Waals surface area contributed by atoms with Gasteiger partial charge in [0.1, 0.15) is 17.0 Å². The monoisotopic (exact) mass is 358 g/mol. The van der Waals surface area contributed by atoms with Gasteiger partial charge in [0.25, 0.3) is 11.6 Å². The summed E-state index contributed by atoms with van der Waals surface area (Å²) in [5, 5.41) is 13.6. The first-order valence-corrected chi connectivity index (χ1v) is 7.69. The average Bonchev–Trinajstić information content (AvgIpc) is 2.62. The van der Waals surface area contributed by atoms with Gasteiger partial charge in [-0.15, -0.1) is 0 Å². The lowest BCUT2D eigenvalue weighted by Gasteiger charge is -2.11. The summed E-state index contributed by atoms with van der Waals surface area (Å²) in [4.78, 5) is 34.4. The quantitative estimate of drug-likeness (QED) is 0.483. The molecule has 0 atom stereocenters. The van der Waals surface area contributed by atoms with Gasteiger partial charge in [-0.05, 0) is 43.2 Å². The summed E-state index contributed by atoms with van der Waals surface area (Å²) >= 11 is 0. The van der Waals surface area contributed by atoms with E-state index < -0.39 is 23.4 Å². The van der Waals surface area contributed by atoms with E-state index >= 15 is 0 Å². The Morgan fingerprint density at radius 2 is 1.81 bits per heavy atom. The van der Waals surface area contributed by atoms with E-state index in [1.807, 2.05) is 0 Å². The van der Waals surface area contributed by atoms with E-state index in [4.69, 9.17) is 4.74 Å². The predicted octanol–water partition coefficient (Wildman–Crippen LogP) is 3.02. The highest BCUT2D eigenvalue weighted by molar-refractivity contribution is 5.95. The van der Waals surface area contributed by atoms with Gasteiger partial charge >= 0.3 is 5.97 Å². The molecule has 0 bridgehead atoms. The molecule has 0 aliphatic carbocycles. The Morgan fingerprint density at radius 3 is 2.46 bits per heavy atom. The third-order valence-electron chi connectivity index (χ3n) is 3.73. The van der Waals surface area contributed by atoms with Crippen LogP contribution in [0.4, 0.5) is 11.4 Å². The molecule has 1 amide bonds. The van der Waals surface area contributed by atoms with Crippen LogP contribution in [0.5, 0.6) is 5.75 Å². The molecular formula is C18H18N2O6. The normalized spacial score (nSPS) is 10.1. The third kappa shape index (κ3) is 4.35. The number of benzene rings is 2. The number of ether oxygens (including phenoxy) is 2. The van der Waals surface area contributed by atoms with Crippen molar-refractivity contribution in [3.05, 3.63) is 63.2 Å². The van der Waals surface area contributed by atoms with Crippen molar-refractivity contribution in [2.24, 2.45) is 0 Å². The molecule has 8 heteroatoms. The van der Waals surface area contributed by atoms with Gasteiger partial charge in [0.15, 0.2) is 6.61 Å². The summed E-state index contributed by atoms with van der Waals surface area (Å²) < 4.78 is 10.0. The molecule has 0 fully saturated rings. The highest BCUT2D eigenvalue weighted by Gasteiger charge is 2.18. The molecule has 0 aliphatic rings. The molecule has 2 rings (SSSR count). The van der Waals surface area contributed by atoms with Gasteiger partial charge in [0, 0.05) is 6.07 Å². The van der Waals surface area contributed by atoms with Crippen LogP contribution in [0.3, 0.4) is 0 Å². The first kappa shape index (κ1) is 18.9. The van der Waals surface area contributed by atoms with Crippen molar-refractivity contribution < 1.29 is 24.0 Å². The fourth-order valence-electron chi connectivity index (χ4n) is 2.25. The molecule has 2 aromatic carbocycles. The van der Waals surface area contributed by atoms with Gasteiger partial charge in [-0.25, -0.2) is 4.79 Å². The number of nitrogens with zero attached hydrogens (tertiary/aromatic N) is 1. The second-order valence-electron chi connectivity index (χ2n) is 5.54. The highest BCUT2D eigenvalue weighted by atomic mass is 16.6. The highest BCUT2D eigenvalue weighted by Crippen LogP contribution is 2.28. The van der Waals surface area contributed by atoms with Crippen molar-refractivity contribution in [3.63, 3.8) is 0 Å². The van der Waals surface area contributed by atoms with Gasteiger partial charge < -0.3 is 14.8 Å². The van der Waals surface area contributed by atoms with E-state index in [1.165, 1.54) is 31.4 Å². The van der Waals surface area contributed by atoms with Crippen molar-refractivity contribution in [2.75, 3.05) is 19.0 Å². The summed E-state index contributed by atoms with van der Waals surface area (Å²) in [6, 6.07) is 9.25. The number of amides is 1. The van der Waals surface area contributed by atoms with Crippen LogP contribution in [0.15, 0.2) is 36.4 Å². The number of methoxy groups -OCH3 is 1. The summed E-state index contributed by atoms with van der Waals surface area (Å²) in [5.74, 6) is -0.995. The van der Waals surface area contributed by atoms with Crippen molar-refractivity contribution in [1.82, 2.24) is 0 Å². The second kappa shape index (κ2) is 8.11. The fraction of sp³-hybridized carbons (Fsp3) is 0.222. The van der Waals surface area contributed by atoms with E-state index in [1.54, 1.807) is 26.0 Å². The summed E-state index contributed by atoms with van der Waals surface area (Å²) in [6.07, 6.45) is 0. The molecule has 0 aromatic heterocycles. The van der Waals surface area contributed by atoms with E-state index in [2.05, 4.69) is 10.1 Å². The van der Waals surface area contributed by atoms with Gasteiger partial charge in [-0.1, -0.05) is 12.1 Å². The lowest BCUT2D eigenvalue weighted by Crippen LogP contribution is -2.21. The molecule has 0 spiro atoms. The van der Waals surface area contributed by atoms with Crippen LogP contribution in [0.25, 0.3) is 0 Å². The molecule has 0 aliphatic heterocycles. The van der Waals surface area contributed by atoms with Gasteiger partial charge in [-0.3, -0.25) is 14.9 Å². The molecule has 8 nitrogen and oxygen atoms in total. The van der Waals surface area contributed by atoms with Crippen LogP contribution < -0.4 is 10.1 Å². The number of esters is 1. The largest absolute Gasteiger partial charge is 0.483 e. The number of carbonyl (C=O) groups is 2. The Kier molecular flexibility index (Phi) is 5.90. The summed E-state index contributed by atoms with van der Waals surface area (Å²) in [6.45, 7) is 3.12. The zero-order valence-corrected chi connectivity index (χ0v) is 14.6. The molecule has 26 heavy (non-hydrogen) atoms. The Hall–Kier alpha value is -3.42. The minimum atomic E-state index is -0.592. The number of aryl methyl sites for hydroxylation is 2. The predicted molar refractivity (Wildman–Crippen MR) is 94.5 cm³/mol. The van der Waals surface area contributed by atoms with Crippen molar-refractivity contribution in [3.8, 4) is 5.75 Å². The van der Waals surface area contributed by atoms with Gasteiger partial charge in [-0.2, -0.15) is 0 Å². The number of carbonyl (C=O) groups excluding carboxylic acids is 2. The van der Waals surface area contributed by atoms with E-state index in [0.29, 0.717) is 0 Å². The number of para-hydroxylation sites is 1. The molecule has 0 unspecified atom stereocenters. The Morgan fingerprint density at radius 1 is 1.15 bits per heavy atom. The van der Waals surface area contributed by atoms with Gasteiger partial charge in [0.05, 0.1) is 12.0 Å². The van der Waals surface area contributed by atoms with Crippen LogP contribution in [0, 0.1) is 24.0 Å². The zero-order chi connectivity index (χ0) is 19.3. The van der Waals surface area contributed by atoms with Gasteiger partial charge in [0.2, 0.25) is 0 Å². The molecule has 136 valence electrons. The lowest BCUT2D eigenvalue weighted by atomic mass is 10.1. The van der Waals surface area contributed by atoms with Crippen LogP contribution in [-0.4, -0.2) is 30.5 Å². The fourth-order valence-corrected chi connectivity index (χ4v) is 2.25. The maximum absolute atomic E-state index is 12.1. The maximum Gasteiger partial charge on any atom is 0.341 e. The summed E-state index contributed by atoms with van der Waals surface area (Å²) in [7, 11) is 1.24. The maximum atomic E-state index is 12.1. The van der Waals surface area contributed by atoms with Crippen LogP contribution >= 0.6 is 0 Å². The molecule has 0 saturated heterocycles. The first-order chi connectivity index (χ1) is 12.3. The molecule has 2 aromatic rings. The van der Waals surface area contributed by atoms with E-state index in [-0.39, 0.29) is 22.7 Å². The first-order valence-electron chi connectivity index (χ1n) is 7.69. The molecular weight excluding hydrogens is 340 g/mol. The van der Waals surface area contributed by atoms with Crippen molar-refractivity contribution in [1.29, 1.82) is 0 Å². The number of nitro benzene ring substituents is 1. The number of anilines is 1. The molecule has 0 radical (unpaired) electrons. The number of hydrogen-bond acceptors (Lipinski definition) is 6. The smallest absolute Gasteiger partial charge is 0.341 e. The van der Waals surface area contributed by atoms with E-state index in [0.717, 1.165) is 11.1 Å². The Balaban J connectivity index is 2.13. The molecule has 0 heterocycles. The Bertz CT molecular complexity index is 863. The summed E-state index contributed by atoms with van der Waals surface area (Å²) in [5.41, 5.74) is 1.63. The number of hydrogen-bond donors (Lipinski definition) is 1. The van der Waals surface area contributed by atoms with Crippen LogP contribution in [0.1, 0.15) is 21.5 Å².